The fourth-order valence-corrected chi connectivity index (χ4v) is 10.3. The Labute approximate surface area is 393 Å². The van der Waals surface area contributed by atoms with E-state index in [4.69, 9.17) is 9.97 Å². The van der Waals surface area contributed by atoms with Gasteiger partial charge in [0.2, 0.25) is 0 Å². The summed E-state index contributed by atoms with van der Waals surface area (Å²) in [5.74, 6) is 0.747. The van der Waals surface area contributed by atoms with Gasteiger partial charge in [-0.25, -0.2) is 9.97 Å². The molecule has 0 spiro atoms. The Kier molecular flexibility index (Phi) is 10.6. The summed E-state index contributed by atoms with van der Waals surface area (Å²) in [7, 11) is 0. The van der Waals surface area contributed by atoms with Gasteiger partial charge in [-0.1, -0.05) is 184 Å². The van der Waals surface area contributed by atoms with Crippen molar-refractivity contribution < 1.29 is 0 Å². The molecule has 11 rings (SSSR count). The summed E-state index contributed by atoms with van der Waals surface area (Å²) in [6, 6.07) is 66.0. The van der Waals surface area contributed by atoms with Gasteiger partial charge < -0.3 is 4.90 Å². The topological polar surface area (TPSA) is 52.8 Å². The van der Waals surface area contributed by atoms with Gasteiger partial charge in [-0.15, -0.1) is 0 Å². The summed E-state index contributed by atoms with van der Waals surface area (Å²) in [6.45, 7) is 9.17. The van der Waals surface area contributed by atoms with Crippen LogP contribution in [0.15, 0.2) is 236 Å². The van der Waals surface area contributed by atoms with Crippen molar-refractivity contribution in [3.05, 3.63) is 253 Å². The van der Waals surface area contributed by atoms with Crippen LogP contribution in [0.2, 0.25) is 0 Å². The molecule has 0 saturated carbocycles. The minimum atomic E-state index is 0.0148. The lowest BCUT2D eigenvalue weighted by molar-refractivity contribution is 0.563. The minimum absolute atomic E-state index is 0.0148. The molecular weight excluding hydrogens is 813 g/mol. The van der Waals surface area contributed by atoms with E-state index in [0.29, 0.717) is 11.4 Å². The van der Waals surface area contributed by atoms with Gasteiger partial charge in [0.25, 0.3) is 0 Å². The van der Waals surface area contributed by atoms with Gasteiger partial charge in [0.1, 0.15) is 0 Å². The van der Waals surface area contributed by atoms with E-state index in [9.17, 15) is 5.26 Å². The first-order chi connectivity index (χ1) is 32.8. The van der Waals surface area contributed by atoms with Crippen LogP contribution in [0.1, 0.15) is 37.0 Å². The fourth-order valence-electron chi connectivity index (χ4n) is 10.3. The van der Waals surface area contributed by atoms with E-state index in [-0.39, 0.29) is 17.4 Å². The molecule has 0 amide bonds. The molecule has 320 valence electrons. The Hall–Kier alpha value is -8.39. The Morgan fingerprint density at radius 1 is 0.582 bits per heavy atom. The maximum atomic E-state index is 10.1. The number of allylic oxidation sites excluding steroid dienone is 5. The highest BCUT2D eigenvalue weighted by Gasteiger charge is 2.40. The van der Waals surface area contributed by atoms with Gasteiger partial charge in [-0.2, -0.15) is 5.26 Å². The van der Waals surface area contributed by atoms with Crippen molar-refractivity contribution in [2.75, 3.05) is 4.90 Å². The monoisotopic (exact) mass is 860 g/mol. The molecule has 2 atom stereocenters. The number of anilines is 1. The molecule has 67 heavy (non-hydrogen) atoms. The van der Waals surface area contributed by atoms with Crippen LogP contribution in [0.3, 0.4) is 0 Å². The SMILES string of the molecule is C=CC1=C(/C=C2\CC(C)(C)c3ccccc32)C2C=CC=CC2N1c1cc(-c2cccc(C#N)c2)cc(-c2cc(-c3cccc(-c4ccccc4)c3)nc(-c3cccc(-c4ccccc4)c3)n2)c1. The molecule has 7 aromatic carbocycles. The number of rotatable bonds is 9. The first-order valence-corrected chi connectivity index (χ1v) is 23.0. The van der Waals surface area contributed by atoms with E-state index >= 15 is 0 Å². The normalized spacial score (nSPS) is 17.3. The number of aromatic nitrogens is 2. The van der Waals surface area contributed by atoms with Gasteiger partial charge in [0.05, 0.1) is 29.1 Å². The number of nitriles is 1. The number of hydrogen-bond donors (Lipinski definition) is 0. The molecule has 0 saturated heterocycles. The van der Waals surface area contributed by atoms with Gasteiger partial charge in [-0.3, -0.25) is 0 Å². The summed E-state index contributed by atoms with van der Waals surface area (Å²) in [4.78, 5) is 13.2. The highest BCUT2D eigenvalue weighted by atomic mass is 15.2. The van der Waals surface area contributed by atoms with E-state index in [1.54, 1.807) is 0 Å². The predicted octanol–water partition coefficient (Wildman–Crippen LogP) is 15.5. The van der Waals surface area contributed by atoms with Crippen LogP contribution in [0, 0.1) is 17.2 Å². The van der Waals surface area contributed by atoms with E-state index < -0.39 is 0 Å². The molecule has 2 aliphatic carbocycles. The van der Waals surface area contributed by atoms with Crippen LogP contribution in [0.25, 0.3) is 72.9 Å². The van der Waals surface area contributed by atoms with Crippen LogP contribution in [0.5, 0.6) is 0 Å². The Morgan fingerprint density at radius 2 is 1.15 bits per heavy atom. The average molecular weight is 861 g/mol. The molecule has 2 heterocycles. The standard InChI is InChI=1S/C63H48N4/c1-4-60-56(38-52-40-63(2,3)57-30-13-11-28-54(52)57)55-29-12-14-31-61(55)67(60)53-36-50(45-23-15-18-42(32-45)41-64)35-51(37-53)59-39-58(48-26-16-24-46(33-48)43-19-7-5-8-20-43)65-62(66-59)49-27-17-25-47(34-49)44-21-9-6-10-22-44/h4-39,55,61H,1,40H2,2-3H3/b52-38+. The lowest BCUT2D eigenvalue weighted by Gasteiger charge is -2.31. The third-order valence-corrected chi connectivity index (χ3v) is 13.5. The molecule has 1 aromatic heterocycles. The second kappa shape index (κ2) is 17.2. The average Bonchev–Trinajstić information content (AvgIpc) is 3.85. The Bertz CT molecular complexity index is 3300. The van der Waals surface area contributed by atoms with Crippen LogP contribution in [0.4, 0.5) is 5.69 Å². The zero-order valence-corrected chi connectivity index (χ0v) is 37.6. The maximum absolute atomic E-state index is 10.1. The van der Waals surface area contributed by atoms with Gasteiger partial charge >= 0.3 is 0 Å². The molecule has 3 aliphatic rings. The fraction of sp³-hybridized carbons (Fsp3) is 0.0952. The van der Waals surface area contributed by atoms with Crippen LogP contribution >= 0.6 is 0 Å². The van der Waals surface area contributed by atoms with Crippen molar-refractivity contribution in [2.24, 2.45) is 5.92 Å². The number of nitrogens with zero attached hydrogens (tertiary/aromatic N) is 4. The molecule has 1 aliphatic heterocycles. The molecule has 4 heteroatoms. The van der Waals surface area contributed by atoms with Gasteiger partial charge in [0.15, 0.2) is 5.82 Å². The summed E-state index contributed by atoms with van der Waals surface area (Å²) in [5.41, 5.74) is 19.0. The van der Waals surface area contributed by atoms with E-state index in [1.165, 1.54) is 22.3 Å². The third-order valence-electron chi connectivity index (χ3n) is 13.5. The summed E-state index contributed by atoms with van der Waals surface area (Å²) in [5, 5.41) is 10.1. The lowest BCUT2D eigenvalue weighted by atomic mass is 9.86. The zero-order chi connectivity index (χ0) is 45.5. The summed E-state index contributed by atoms with van der Waals surface area (Å²) < 4.78 is 0. The van der Waals surface area contributed by atoms with Crippen LogP contribution < -0.4 is 4.90 Å². The molecule has 2 unspecified atom stereocenters. The van der Waals surface area contributed by atoms with Crippen molar-refractivity contribution in [3.8, 4) is 73.4 Å². The smallest absolute Gasteiger partial charge is 0.160 e. The second-order valence-electron chi connectivity index (χ2n) is 18.3. The minimum Gasteiger partial charge on any atom is -0.333 e. The maximum Gasteiger partial charge on any atom is 0.160 e. The van der Waals surface area contributed by atoms with Crippen molar-refractivity contribution >= 4 is 11.3 Å². The Morgan fingerprint density at radius 3 is 1.87 bits per heavy atom. The van der Waals surface area contributed by atoms with Crippen molar-refractivity contribution in [1.29, 1.82) is 5.26 Å². The quantitative estimate of drug-likeness (QED) is 0.145. The first kappa shape index (κ1) is 41.3. The van der Waals surface area contributed by atoms with Crippen LogP contribution in [-0.2, 0) is 5.41 Å². The highest BCUT2D eigenvalue weighted by Crippen LogP contribution is 2.49. The molecule has 0 N–H and O–H groups in total. The second-order valence-corrected chi connectivity index (χ2v) is 18.3. The molecule has 0 fully saturated rings. The molecular formula is C63H48N4. The van der Waals surface area contributed by atoms with E-state index in [0.717, 1.165) is 79.3 Å². The van der Waals surface area contributed by atoms with Crippen molar-refractivity contribution in [3.63, 3.8) is 0 Å². The number of benzene rings is 7. The largest absolute Gasteiger partial charge is 0.333 e. The Balaban J connectivity index is 1.12. The predicted molar refractivity (Wildman–Crippen MR) is 277 cm³/mol. The van der Waals surface area contributed by atoms with Crippen molar-refractivity contribution in [2.45, 2.75) is 31.7 Å². The lowest BCUT2D eigenvalue weighted by Crippen LogP contribution is -2.32. The van der Waals surface area contributed by atoms with E-state index in [2.05, 4.69) is 213 Å². The van der Waals surface area contributed by atoms with Crippen LogP contribution in [-0.4, -0.2) is 16.0 Å². The summed E-state index contributed by atoms with van der Waals surface area (Å²) in [6.07, 6.45) is 14.4. The van der Waals surface area contributed by atoms with Gasteiger partial charge in [0, 0.05) is 34.0 Å². The molecule has 4 nitrogen and oxygen atoms in total. The first-order valence-electron chi connectivity index (χ1n) is 23.0. The highest BCUT2D eigenvalue weighted by molar-refractivity contribution is 5.84. The summed E-state index contributed by atoms with van der Waals surface area (Å²) >= 11 is 0. The van der Waals surface area contributed by atoms with E-state index in [1.807, 2.05) is 36.4 Å². The molecule has 0 radical (unpaired) electrons. The van der Waals surface area contributed by atoms with Gasteiger partial charge in [-0.05, 0) is 122 Å². The number of hydrogen-bond acceptors (Lipinski definition) is 4. The van der Waals surface area contributed by atoms with Crippen molar-refractivity contribution in [1.82, 2.24) is 9.97 Å². The zero-order valence-electron chi connectivity index (χ0n) is 37.6. The molecule has 0 bridgehead atoms. The number of fused-ring (bicyclic) bond motifs is 2. The molecule has 8 aromatic rings. The third kappa shape index (κ3) is 7.85.